The molecule has 0 heterocycles. The van der Waals surface area contributed by atoms with Crippen LogP contribution < -0.4 is 0 Å². The summed E-state index contributed by atoms with van der Waals surface area (Å²) in [7, 11) is 0. The Bertz CT molecular complexity index is 301. The van der Waals surface area contributed by atoms with Gasteiger partial charge in [0, 0.05) is 4.47 Å². The van der Waals surface area contributed by atoms with Crippen LogP contribution in [0.4, 0.5) is 0 Å². The van der Waals surface area contributed by atoms with Crippen molar-refractivity contribution in [2.24, 2.45) is 4.99 Å². The zero-order valence-corrected chi connectivity index (χ0v) is 9.02. The lowest BCUT2D eigenvalue weighted by atomic mass is 10.1. The molecule has 62 valence electrons. The summed E-state index contributed by atoms with van der Waals surface area (Å²) >= 11 is 7.89. The van der Waals surface area contributed by atoms with Gasteiger partial charge in [-0.1, -0.05) is 28.1 Å². The summed E-state index contributed by atoms with van der Waals surface area (Å²) in [6.07, 6.45) is 0. The number of benzene rings is 1. The first-order chi connectivity index (χ1) is 5.74. The fourth-order valence-corrected chi connectivity index (χ4v) is 1.32. The highest BCUT2D eigenvalue weighted by Crippen LogP contribution is 2.18. The lowest BCUT2D eigenvalue weighted by molar-refractivity contribution is 0.828. The molecule has 1 aromatic carbocycles. The molecule has 0 bridgehead atoms. The zero-order valence-electron chi connectivity index (χ0n) is 6.62. The highest BCUT2D eigenvalue weighted by Gasteiger charge is 2.00. The van der Waals surface area contributed by atoms with E-state index < -0.39 is 0 Å². The Balaban J connectivity index is 2.89. The van der Waals surface area contributed by atoms with Gasteiger partial charge in [-0.25, -0.2) is 4.99 Å². The van der Waals surface area contributed by atoms with E-state index in [1.165, 1.54) is 0 Å². The van der Waals surface area contributed by atoms with Gasteiger partial charge >= 0.3 is 0 Å². The fraction of sp³-hybridized carbons (Fsp3) is 0.222. The Hall–Kier alpha value is -0.500. The third-order valence-electron chi connectivity index (χ3n) is 1.60. The van der Waals surface area contributed by atoms with Crippen LogP contribution in [0.1, 0.15) is 18.5 Å². The third-order valence-corrected chi connectivity index (χ3v) is 2.23. The van der Waals surface area contributed by atoms with Crippen molar-refractivity contribution in [3.63, 3.8) is 0 Å². The summed E-state index contributed by atoms with van der Waals surface area (Å²) in [6.45, 7) is 1.99. The standard InChI is InChI=1S/C9H8BrNS/c1-7(11-6-12)8-2-4-9(10)5-3-8/h2-5,7H,1H3/t7-/m1/s1. The maximum atomic E-state index is 4.53. The van der Waals surface area contributed by atoms with Gasteiger partial charge in [-0.3, -0.25) is 0 Å². The minimum Gasteiger partial charge on any atom is -0.225 e. The van der Waals surface area contributed by atoms with Gasteiger partial charge in [0.25, 0.3) is 0 Å². The van der Waals surface area contributed by atoms with E-state index >= 15 is 0 Å². The second-order valence-corrected chi connectivity index (χ2v) is 3.55. The number of rotatable bonds is 2. The summed E-state index contributed by atoms with van der Waals surface area (Å²) in [5.41, 5.74) is 1.15. The molecule has 1 atom stereocenters. The highest BCUT2D eigenvalue weighted by atomic mass is 79.9. The Kier molecular flexibility index (Phi) is 3.60. The minimum atomic E-state index is 0.107. The number of nitrogens with zero attached hydrogens (tertiary/aromatic N) is 1. The molecule has 12 heavy (non-hydrogen) atoms. The predicted octanol–water partition coefficient (Wildman–Crippen LogP) is 3.61. The molecule has 0 radical (unpaired) electrons. The van der Waals surface area contributed by atoms with Crippen LogP contribution in [0.5, 0.6) is 0 Å². The zero-order chi connectivity index (χ0) is 8.97. The summed E-state index contributed by atoms with van der Waals surface area (Å²) in [6, 6.07) is 8.13. The van der Waals surface area contributed by atoms with Crippen LogP contribution in [0.25, 0.3) is 0 Å². The fourth-order valence-electron chi connectivity index (χ4n) is 0.895. The van der Waals surface area contributed by atoms with Crippen molar-refractivity contribution in [3.05, 3.63) is 34.3 Å². The molecule has 3 heteroatoms. The van der Waals surface area contributed by atoms with Gasteiger partial charge in [-0.15, -0.1) is 0 Å². The van der Waals surface area contributed by atoms with Crippen molar-refractivity contribution in [3.8, 4) is 0 Å². The van der Waals surface area contributed by atoms with Gasteiger partial charge in [0.05, 0.1) is 11.2 Å². The molecular weight excluding hydrogens is 234 g/mol. The van der Waals surface area contributed by atoms with E-state index in [1.54, 1.807) is 0 Å². The van der Waals surface area contributed by atoms with Crippen LogP contribution in [-0.4, -0.2) is 5.16 Å². The van der Waals surface area contributed by atoms with Crippen molar-refractivity contribution in [2.45, 2.75) is 13.0 Å². The van der Waals surface area contributed by atoms with Gasteiger partial charge < -0.3 is 0 Å². The van der Waals surface area contributed by atoms with Crippen molar-refractivity contribution in [1.82, 2.24) is 0 Å². The first kappa shape index (κ1) is 9.59. The van der Waals surface area contributed by atoms with E-state index in [0.717, 1.165) is 10.0 Å². The van der Waals surface area contributed by atoms with Crippen LogP contribution >= 0.6 is 28.1 Å². The third kappa shape index (κ3) is 2.52. The second-order valence-electron chi connectivity index (χ2n) is 2.45. The molecule has 0 aromatic heterocycles. The van der Waals surface area contributed by atoms with Gasteiger partial charge in [0.15, 0.2) is 0 Å². The molecule has 1 rings (SSSR count). The van der Waals surface area contributed by atoms with Crippen LogP contribution in [0.2, 0.25) is 0 Å². The smallest absolute Gasteiger partial charge is 0.0824 e. The SMILES string of the molecule is C[C@@H](N=C=S)c1ccc(Br)cc1. The van der Waals surface area contributed by atoms with Crippen LogP contribution in [0.3, 0.4) is 0 Å². The quantitative estimate of drug-likeness (QED) is 0.570. The predicted molar refractivity (Wildman–Crippen MR) is 57.6 cm³/mol. The van der Waals surface area contributed by atoms with E-state index in [4.69, 9.17) is 0 Å². The Morgan fingerprint density at radius 2 is 2.00 bits per heavy atom. The van der Waals surface area contributed by atoms with E-state index in [0.29, 0.717) is 0 Å². The monoisotopic (exact) mass is 241 g/mol. The number of aliphatic imine (C=N–C) groups is 1. The normalized spacial score (nSPS) is 11.8. The van der Waals surface area contributed by atoms with Gasteiger partial charge in [-0.05, 0) is 36.8 Å². The number of thiocarbonyl (C=S) groups is 1. The summed E-state index contributed by atoms with van der Waals surface area (Å²) in [4.78, 5) is 3.97. The van der Waals surface area contributed by atoms with Crippen molar-refractivity contribution in [1.29, 1.82) is 0 Å². The van der Waals surface area contributed by atoms with Crippen molar-refractivity contribution >= 4 is 33.3 Å². The number of hydrogen-bond acceptors (Lipinski definition) is 2. The van der Waals surface area contributed by atoms with E-state index in [2.05, 4.69) is 38.3 Å². The molecule has 0 spiro atoms. The molecule has 0 unspecified atom stereocenters. The van der Waals surface area contributed by atoms with Crippen LogP contribution in [0, 0.1) is 0 Å². The summed E-state index contributed by atoms with van der Waals surface area (Å²) < 4.78 is 1.07. The molecular formula is C9H8BrNS. The van der Waals surface area contributed by atoms with E-state index in [9.17, 15) is 0 Å². The first-order valence-electron chi connectivity index (χ1n) is 3.56. The molecule has 0 N–H and O–H groups in total. The van der Waals surface area contributed by atoms with Gasteiger partial charge in [0.1, 0.15) is 0 Å². The summed E-state index contributed by atoms with van der Waals surface area (Å²) in [5.74, 6) is 0. The number of halogens is 1. The topological polar surface area (TPSA) is 12.4 Å². The lowest BCUT2D eigenvalue weighted by Gasteiger charge is -2.03. The van der Waals surface area contributed by atoms with E-state index in [-0.39, 0.29) is 6.04 Å². The van der Waals surface area contributed by atoms with Crippen LogP contribution in [0.15, 0.2) is 33.7 Å². The molecule has 0 saturated carbocycles. The van der Waals surface area contributed by atoms with Gasteiger partial charge in [-0.2, -0.15) is 0 Å². The maximum absolute atomic E-state index is 4.53. The average molecular weight is 242 g/mol. The highest BCUT2D eigenvalue weighted by molar-refractivity contribution is 9.10. The molecule has 0 aliphatic heterocycles. The second kappa shape index (κ2) is 4.51. The largest absolute Gasteiger partial charge is 0.225 e. The molecule has 1 aromatic rings. The maximum Gasteiger partial charge on any atom is 0.0824 e. The van der Waals surface area contributed by atoms with E-state index in [1.807, 2.05) is 31.2 Å². The number of hydrogen-bond donors (Lipinski definition) is 0. The molecule has 0 amide bonds. The average Bonchev–Trinajstić information content (AvgIpc) is 2.06. The van der Waals surface area contributed by atoms with Crippen molar-refractivity contribution < 1.29 is 0 Å². The Morgan fingerprint density at radius 3 is 2.50 bits per heavy atom. The first-order valence-corrected chi connectivity index (χ1v) is 4.76. The molecule has 1 nitrogen and oxygen atoms in total. The molecule has 0 fully saturated rings. The number of isothiocyanates is 1. The van der Waals surface area contributed by atoms with Gasteiger partial charge in [0.2, 0.25) is 0 Å². The molecule has 0 aliphatic rings. The molecule has 0 aliphatic carbocycles. The minimum absolute atomic E-state index is 0.107. The lowest BCUT2D eigenvalue weighted by Crippen LogP contribution is -1.87. The summed E-state index contributed by atoms with van der Waals surface area (Å²) in [5, 5.41) is 2.38. The Morgan fingerprint density at radius 1 is 1.42 bits per heavy atom. The molecule has 0 saturated heterocycles. The van der Waals surface area contributed by atoms with Crippen LogP contribution in [-0.2, 0) is 0 Å². The van der Waals surface area contributed by atoms with Crippen molar-refractivity contribution in [2.75, 3.05) is 0 Å². The Labute approximate surface area is 85.6 Å².